The molecule has 0 unspecified atom stereocenters. The Bertz CT molecular complexity index is 255. The minimum atomic E-state index is -0.562. The summed E-state index contributed by atoms with van der Waals surface area (Å²) in [6, 6.07) is 1.85. The summed E-state index contributed by atoms with van der Waals surface area (Å²) in [5.74, 6) is 0.269. The van der Waals surface area contributed by atoms with Crippen molar-refractivity contribution in [1.82, 2.24) is 0 Å². The largest absolute Gasteiger partial charge is 0.465 e. The number of ether oxygens (including phenoxy) is 1. The van der Waals surface area contributed by atoms with Gasteiger partial charge in [-0.05, 0) is 12.0 Å². The van der Waals surface area contributed by atoms with Crippen LogP contribution in [0.1, 0.15) is 6.92 Å². The van der Waals surface area contributed by atoms with Crippen molar-refractivity contribution in [2.75, 3.05) is 19.1 Å². The minimum absolute atomic E-state index is 0.0989. The van der Waals surface area contributed by atoms with Gasteiger partial charge >= 0.3 is 5.97 Å². The second kappa shape index (κ2) is 6.87. The van der Waals surface area contributed by atoms with E-state index in [4.69, 9.17) is 5.26 Å². The Kier molecular flexibility index (Phi) is 6.55. The third-order valence-corrected chi connectivity index (χ3v) is 3.35. The number of esters is 1. The highest BCUT2D eigenvalue weighted by molar-refractivity contribution is 8.22. The number of thioether (sulfide) groups is 2. The van der Waals surface area contributed by atoms with E-state index in [9.17, 15) is 4.79 Å². The number of carbonyl (C=O) groups excluding carboxylic acids is 1. The maximum Gasteiger partial charge on any atom is 0.350 e. The maximum atomic E-state index is 11.1. The average Bonchev–Trinajstić information content (AvgIpc) is 2.17. The van der Waals surface area contributed by atoms with Crippen molar-refractivity contribution >= 4 is 29.5 Å². The fraction of sp³-hybridized carbons (Fsp3) is 0.500. The number of hydrogen-bond acceptors (Lipinski definition) is 5. The molecule has 0 saturated heterocycles. The van der Waals surface area contributed by atoms with Crippen LogP contribution < -0.4 is 0 Å². The zero-order valence-corrected chi connectivity index (χ0v) is 9.42. The highest BCUT2D eigenvalue weighted by Gasteiger charge is 2.14. The summed E-state index contributed by atoms with van der Waals surface area (Å²) in [4.78, 5) is 11.1. The Morgan fingerprint density at radius 3 is 2.54 bits per heavy atom. The number of nitrogens with zero attached hydrogens (tertiary/aromatic N) is 1. The van der Waals surface area contributed by atoms with Crippen molar-refractivity contribution in [2.45, 2.75) is 6.92 Å². The van der Waals surface area contributed by atoms with Gasteiger partial charge in [-0.3, -0.25) is 0 Å². The van der Waals surface area contributed by atoms with Gasteiger partial charge in [-0.2, -0.15) is 5.26 Å². The Labute approximate surface area is 86.5 Å². The molecule has 0 aliphatic rings. The number of hydrogen-bond donors (Lipinski definition) is 0. The first-order valence-corrected chi connectivity index (χ1v) is 5.81. The molecule has 0 aliphatic carbocycles. The second-order valence-electron chi connectivity index (χ2n) is 1.90. The lowest BCUT2D eigenvalue weighted by Gasteiger charge is -2.03. The van der Waals surface area contributed by atoms with Crippen molar-refractivity contribution in [3.63, 3.8) is 0 Å². The van der Waals surface area contributed by atoms with E-state index >= 15 is 0 Å². The van der Waals surface area contributed by atoms with Gasteiger partial charge in [0, 0.05) is 0 Å². The van der Waals surface area contributed by atoms with Crippen LogP contribution >= 0.6 is 23.5 Å². The molecule has 72 valence electrons. The topological polar surface area (TPSA) is 50.1 Å². The molecule has 3 nitrogen and oxygen atoms in total. The molecule has 0 aliphatic heterocycles. The van der Waals surface area contributed by atoms with Gasteiger partial charge < -0.3 is 4.74 Å². The summed E-state index contributed by atoms with van der Waals surface area (Å²) in [6.07, 6.45) is 1.83. The van der Waals surface area contributed by atoms with Gasteiger partial charge in [0.25, 0.3) is 0 Å². The first kappa shape index (κ1) is 12.4. The lowest BCUT2D eigenvalue weighted by atomic mass is 10.3. The number of rotatable bonds is 4. The maximum absolute atomic E-state index is 11.1. The van der Waals surface area contributed by atoms with E-state index < -0.39 is 5.97 Å². The van der Waals surface area contributed by atoms with Crippen LogP contribution in [0.5, 0.6) is 0 Å². The highest BCUT2D eigenvalue weighted by atomic mass is 32.2. The molecule has 0 fully saturated rings. The molecule has 0 radical (unpaired) electrons. The number of carbonyl (C=O) groups is 1. The molecule has 0 saturated carbocycles. The monoisotopic (exact) mass is 217 g/mol. The number of nitriles is 1. The van der Waals surface area contributed by atoms with Gasteiger partial charge in [0.15, 0.2) is 5.57 Å². The van der Waals surface area contributed by atoms with Gasteiger partial charge in [0.1, 0.15) is 6.07 Å². The molecule has 0 amide bonds. The quantitative estimate of drug-likeness (QED) is 0.409. The Balaban J connectivity index is 4.84. The lowest BCUT2D eigenvalue weighted by molar-refractivity contribution is -0.135. The van der Waals surface area contributed by atoms with Gasteiger partial charge in [-0.15, -0.1) is 23.5 Å². The van der Waals surface area contributed by atoms with Crippen LogP contribution in [0, 0.1) is 11.3 Å². The van der Waals surface area contributed by atoms with E-state index in [2.05, 4.69) is 4.74 Å². The second-order valence-corrected chi connectivity index (χ2v) is 4.25. The fourth-order valence-electron chi connectivity index (χ4n) is 0.641. The van der Waals surface area contributed by atoms with Gasteiger partial charge in [-0.25, -0.2) is 4.79 Å². The summed E-state index contributed by atoms with van der Waals surface area (Å²) >= 11 is 2.86. The van der Waals surface area contributed by atoms with Crippen molar-refractivity contribution in [2.24, 2.45) is 0 Å². The third kappa shape index (κ3) is 3.75. The Morgan fingerprint density at radius 2 is 2.23 bits per heavy atom. The fourth-order valence-corrected chi connectivity index (χ4v) is 2.33. The predicted molar refractivity (Wildman–Crippen MR) is 56.3 cm³/mol. The first-order valence-electron chi connectivity index (χ1n) is 3.60. The standard InChI is InChI=1S/C8H11NO2S2/c1-4-13-8(12-3)6(5-9)7(10)11-2/h4H2,1-3H3/b8-6-. The molecule has 0 rings (SSSR count). The van der Waals surface area contributed by atoms with Crippen molar-refractivity contribution < 1.29 is 9.53 Å². The number of methoxy groups -OCH3 is 1. The van der Waals surface area contributed by atoms with Crippen molar-refractivity contribution in [3.8, 4) is 6.07 Å². The molecular formula is C8H11NO2S2. The van der Waals surface area contributed by atoms with Crippen molar-refractivity contribution in [3.05, 3.63) is 9.81 Å². The van der Waals surface area contributed by atoms with Gasteiger partial charge in [-0.1, -0.05) is 6.92 Å². The summed E-state index contributed by atoms with van der Waals surface area (Å²) in [6.45, 7) is 1.97. The molecular weight excluding hydrogens is 206 g/mol. The average molecular weight is 217 g/mol. The van der Waals surface area contributed by atoms with E-state index in [0.717, 1.165) is 9.99 Å². The Hall–Kier alpha value is -0.600. The molecule has 0 N–H and O–H groups in total. The summed E-state index contributed by atoms with van der Waals surface area (Å²) in [5, 5.41) is 8.72. The normalized spacial score (nSPS) is 11.5. The van der Waals surface area contributed by atoms with E-state index in [-0.39, 0.29) is 5.57 Å². The zero-order chi connectivity index (χ0) is 10.3. The molecule has 0 bridgehead atoms. The molecule has 0 aromatic heterocycles. The van der Waals surface area contributed by atoms with Crippen LogP contribution in [-0.2, 0) is 9.53 Å². The zero-order valence-electron chi connectivity index (χ0n) is 7.79. The summed E-state index contributed by atoms with van der Waals surface area (Å²) < 4.78 is 5.21. The summed E-state index contributed by atoms with van der Waals surface area (Å²) in [7, 11) is 1.27. The van der Waals surface area contributed by atoms with Crippen LogP contribution in [0.4, 0.5) is 0 Å². The molecule has 13 heavy (non-hydrogen) atoms. The SMILES string of the molecule is CCS/C(SC)=C(/C#N)C(=O)OC. The minimum Gasteiger partial charge on any atom is -0.465 e. The van der Waals surface area contributed by atoms with Gasteiger partial charge in [0.05, 0.1) is 11.3 Å². The van der Waals surface area contributed by atoms with Gasteiger partial charge in [0.2, 0.25) is 0 Å². The van der Waals surface area contributed by atoms with Crippen LogP contribution in [0.15, 0.2) is 9.81 Å². The molecule has 5 heteroatoms. The molecule has 0 spiro atoms. The smallest absolute Gasteiger partial charge is 0.350 e. The van der Waals surface area contributed by atoms with Crippen LogP contribution in [0.25, 0.3) is 0 Å². The third-order valence-electron chi connectivity index (χ3n) is 1.17. The summed E-state index contributed by atoms with van der Waals surface area (Å²) in [5.41, 5.74) is 0.0989. The predicted octanol–water partition coefficient (Wildman–Crippen LogP) is 2.01. The van der Waals surface area contributed by atoms with Crippen LogP contribution in [0.3, 0.4) is 0 Å². The van der Waals surface area contributed by atoms with Crippen molar-refractivity contribution in [1.29, 1.82) is 5.26 Å². The molecule has 0 heterocycles. The first-order chi connectivity index (χ1) is 6.21. The van der Waals surface area contributed by atoms with E-state index in [1.54, 1.807) is 0 Å². The molecule has 0 aromatic carbocycles. The highest BCUT2D eigenvalue weighted by Crippen LogP contribution is 2.29. The van der Waals surface area contributed by atoms with E-state index in [0.29, 0.717) is 0 Å². The molecule has 0 aromatic rings. The molecule has 0 atom stereocenters. The van der Waals surface area contributed by atoms with E-state index in [1.165, 1.54) is 30.6 Å². The van der Waals surface area contributed by atoms with E-state index in [1.807, 2.05) is 19.2 Å². The van der Waals surface area contributed by atoms with Crippen LogP contribution in [-0.4, -0.2) is 25.1 Å². The van der Waals surface area contributed by atoms with Crippen LogP contribution in [0.2, 0.25) is 0 Å². The lowest BCUT2D eigenvalue weighted by Crippen LogP contribution is -2.04. The Morgan fingerprint density at radius 1 is 1.62 bits per heavy atom.